The van der Waals surface area contributed by atoms with Crippen LogP contribution in [-0.4, -0.2) is 57.2 Å². The fourth-order valence-corrected chi connectivity index (χ4v) is 3.92. The number of fused-ring (bicyclic) bond motifs is 1. The van der Waals surface area contributed by atoms with Crippen molar-refractivity contribution in [1.82, 2.24) is 25.1 Å². The Hall–Kier alpha value is -3.95. The molecule has 4 aromatic rings. The number of H-pyrrole nitrogens is 1. The van der Waals surface area contributed by atoms with E-state index < -0.39 is 17.6 Å². The minimum absolute atomic E-state index is 0.290. The van der Waals surface area contributed by atoms with Gasteiger partial charge in [-0.25, -0.2) is 4.98 Å². The average molecular weight is 452 g/mol. The van der Waals surface area contributed by atoms with Crippen LogP contribution < -0.4 is 4.90 Å². The molecule has 3 heterocycles. The van der Waals surface area contributed by atoms with Crippen LogP contribution in [0, 0.1) is 0 Å². The van der Waals surface area contributed by atoms with Crippen molar-refractivity contribution >= 4 is 22.8 Å². The summed E-state index contributed by atoms with van der Waals surface area (Å²) in [6, 6.07) is 16.2. The highest BCUT2D eigenvalue weighted by molar-refractivity contribution is 5.96. The molecule has 2 aromatic carbocycles. The summed E-state index contributed by atoms with van der Waals surface area (Å²) in [7, 11) is 0. The van der Waals surface area contributed by atoms with Gasteiger partial charge in [-0.1, -0.05) is 24.3 Å². The number of nitrogens with zero attached hydrogens (tertiary/aromatic N) is 5. The first-order valence-corrected chi connectivity index (χ1v) is 10.4. The number of anilines is 1. The second-order valence-electron chi connectivity index (χ2n) is 7.70. The fraction of sp³-hybridized carbons (Fsp3) is 0.217. The van der Waals surface area contributed by atoms with E-state index in [0.29, 0.717) is 30.4 Å². The molecule has 5 rings (SSSR count). The molecule has 2 aromatic heterocycles. The van der Waals surface area contributed by atoms with Crippen molar-refractivity contribution in [2.24, 2.45) is 0 Å². The number of carbonyl (C=O) groups excluding carboxylic acids is 1. The van der Waals surface area contributed by atoms with E-state index >= 15 is 0 Å². The molecule has 1 N–H and O–H groups in total. The molecule has 7 nitrogen and oxygen atoms in total. The number of hydrogen-bond donors (Lipinski definition) is 1. The summed E-state index contributed by atoms with van der Waals surface area (Å²) >= 11 is 0. The number of carbonyl (C=O) groups is 1. The Kier molecular flexibility index (Phi) is 5.20. The maximum atomic E-state index is 13.3. The van der Waals surface area contributed by atoms with Crippen LogP contribution in [0.3, 0.4) is 0 Å². The molecule has 1 fully saturated rings. The third-order valence-electron chi connectivity index (χ3n) is 5.64. The quantitative estimate of drug-likeness (QED) is 0.509. The molecule has 10 heteroatoms. The summed E-state index contributed by atoms with van der Waals surface area (Å²) in [6.07, 6.45) is -4.58. The SMILES string of the molecule is O=C(c1ccccc1C(F)(F)F)N1CCN(c2ccc(-c3nc4ccccc4[nH]3)nn2)CC1. The van der Waals surface area contributed by atoms with Gasteiger partial charge in [0.05, 0.1) is 22.2 Å². The van der Waals surface area contributed by atoms with E-state index in [1.165, 1.54) is 23.1 Å². The first kappa shape index (κ1) is 20.9. The van der Waals surface area contributed by atoms with E-state index in [1.807, 2.05) is 41.3 Å². The highest BCUT2D eigenvalue weighted by Gasteiger charge is 2.36. The molecule has 1 amide bonds. The van der Waals surface area contributed by atoms with Gasteiger partial charge in [-0.3, -0.25) is 4.79 Å². The lowest BCUT2D eigenvalue weighted by Crippen LogP contribution is -2.49. The Balaban J connectivity index is 1.26. The highest BCUT2D eigenvalue weighted by Crippen LogP contribution is 2.32. The molecule has 0 saturated carbocycles. The molecule has 0 unspecified atom stereocenters. The van der Waals surface area contributed by atoms with Crippen molar-refractivity contribution in [1.29, 1.82) is 0 Å². The number of amides is 1. The fourth-order valence-electron chi connectivity index (χ4n) is 3.92. The maximum absolute atomic E-state index is 13.3. The summed E-state index contributed by atoms with van der Waals surface area (Å²) in [4.78, 5) is 23.9. The number of nitrogens with one attached hydrogen (secondary N) is 1. The average Bonchev–Trinajstić information content (AvgIpc) is 3.28. The number of alkyl halides is 3. The Morgan fingerprint density at radius 1 is 0.879 bits per heavy atom. The van der Waals surface area contributed by atoms with Gasteiger partial charge in [-0.05, 0) is 36.4 Å². The predicted molar refractivity (Wildman–Crippen MR) is 117 cm³/mol. The van der Waals surface area contributed by atoms with E-state index in [1.54, 1.807) is 0 Å². The third-order valence-corrected chi connectivity index (χ3v) is 5.64. The van der Waals surface area contributed by atoms with Gasteiger partial charge < -0.3 is 14.8 Å². The molecule has 1 saturated heterocycles. The topological polar surface area (TPSA) is 78.0 Å². The first-order valence-electron chi connectivity index (χ1n) is 10.4. The smallest absolute Gasteiger partial charge is 0.352 e. The van der Waals surface area contributed by atoms with E-state index in [4.69, 9.17) is 0 Å². The number of piperazine rings is 1. The molecule has 0 bridgehead atoms. The molecule has 0 aliphatic carbocycles. The number of aromatic amines is 1. The lowest BCUT2D eigenvalue weighted by Gasteiger charge is -2.35. The Labute approximate surface area is 186 Å². The van der Waals surface area contributed by atoms with Crippen molar-refractivity contribution in [3.8, 4) is 11.5 Å². The second kappa shape index (κ2) is 8.19. The zero-order valence-electron chi connectivity index (χ0n) is 17.4. The highest BCUT2D eigenvalue weighted by atomic mass is 19.4. The van der Waals surface area contributed by atoms with Crippen LogP contribution in [-0.2, 0) is 6.18 Å². The van der Waals surface area contributed by atoms with Gasteiger partial charge in [-0.15, -0.1) is 10.2 Å². The van der Waals surface area contributed by atoms with Crippen molar-refractivity contribution in [3.05, 3.63) is 71.8 Å². The largest absolute Gasteiger partial charge is 0.417 e. The number of benzene rings is 2. The van der Waals surface area contributed by atoms with E-state index in [-0.39, 0.29) is 18.7 Å². The molecule has 1 aliphatic heterocycles. The third kappa shape index (κ3) is 4.11. The molecule has 0 spiro atoms. The molecular weight excluding hydrogens is 433 g/mol. The Morgan fingerprint density at radius 2 is 1.61 bits per heavy atom. The van der Waals surface area contributed by atoms with Gasteiger partial charge in [0.15, 0.2) is 11.6 Å². The standard InChI is InChI=1S/C23H19F3N6O/c24-23(25,26)16-6-2-1-5-15(16)22(33)32-13-11-31(12-14-32)20-10-9-19(29-30-20)21-27-17-7-3-4-8-18(17)28-21/h1-10H,11-14H2,(H,27,28). The monoisotopic (exact) mass is 452 g/mol. The molecular formula is C23H19F3N6O. The van der Waals surface area contributed by atoms with Gasteiger partial charge in [0, 0.05) is 26.2 Å². The van der Waals surface area contributed by atoms with E-state index in [2.05, 4.69) is 20.2 Å². The van der Waals surface area contributed by atoms with Crippen LogP contribution in [0.1, 0.15) is 15.9 Å². The van der Waals surface area contributed by atoms with Gasteiger partial charge in [0.1, 0.15) is 5.69 Å². The number of imidazole rings is 1. The van der Waals surface area contributed by atoms with Crippen LogP contribution in [0.25, 0.3) is 22.6 Å². The van der Waals surface area contributed by atoms with Gasteiger partial charge >= 0.3 is 6.18 Å². The van der Waals surface area contributed by atoms with Gasteiger partial charge in [-0.2, -0.15) is 13.2 Å². The summed E-state index contributed by atoms with van der Waals surface area (Å²) in [5.41, 5.74) is 1.11. The van der Waals surface area contributed by atoms with E-state index in [0.717, 1.165) is 17.1 Å². The summed E-state index contributed by atoms with van der Waals surface area (Å²) in [5, 5.41) is 8.56. The predicted octanol–water partition coefficient (Wildman–Crippen LogP) is 4.00. The Bertz CT molecular complexity index is 1260. The van der Waals surface area contributed by atoms with E-state index in [9.17, 15) is 18.0 Å². The van der Waals surface area contributed by atoms with Crippen LogP contribution in [0.15, 0.2) is 60.7 Å². The first-order chi connectivity index (χ1) is 15.9. The maximum Gasteiger partial charge on any atom is 0.417 e. The molecule has 1 aliphatic rings. The van der Waals surface area contributed by atoms with Crippen molar-refractivity contribution < 1.29 is 18.0 Å². The minimum atomic E-state index is -4.58. The zero-order valence-corrected chi connectivity index (χ0v) is 17.4. The Morgan fingerprint density at radius 3 is 2.30 bits per heavy atom. The molecule has 0 radical (unpaired) electrons. The minimum Gasteiger partial charge on any atom is -0.352 e. The second-order valence-corrected chi connectivity index (χ2v) is 7.70. The number of hydrogen-bond acceptors (Lipinski definition) is 5. The number of para-hydroxylation sites is 2. The van der Waals surface area contributed by atoms with Crippen LogP contribution in [0.4, 0.5) is 19.0 Å². The number of rotatable bonds is 3. The van der Waals surface area contributed by atoms with Crippen LogP contribution in [0.5, 0.6) is 0 Å². The van der Waals surface area contributed by atoms with Crippen LogP contribution >= 0.6 is 0 Å². The lowest BCUT2D eigenvalue weighted by atomic mass is 10.1. The number of aromatic nitrogens is 4. The molecule has 33 heavy (non-hydrogen) atoms. The van der Waals surface area contributed by atoms with Crippen molar-refractivity contribution in [2.75, 3.05) is 31.1 Å². The molecule has 168 valence electrons. The normalized spacial score (nSPS) is 14.6. The molecule has 0 atom stereocenters. The summed E-state index contributed by atoms with van der Waals surface area (Å²) in [5.74, 6) is 0.639. The number of halogens is 3. The van der Waals surface area contributed by atoms with Crippen LogP contribution in [0.2, 0.25) is 0 Å². The van der Waals surface area contributed by atoms with Crippen molar-refractivity contribution in [3.63, 3.8) is 0 Å². The van der Waals surface area contributed by atoms with Gasteiger partial charge in [0.2, 0.25) is 0 Å². The zero-order chi connectivity index (χ0) is 23.0. The van der Waals surface area contributed by atoms with Gasteiger partial charge in [0.25, 0.3) is 5.91 Å². The summed E-state index contributed by atoms with van der Waals surface area (Å²) in [6.45, 7) is 1.47. The summed E-state index contributed by atoms with van der Waals surface area (Å²) < 4.78 is 39.8. The lowest BCUT2D eigenvalue weighted by molar-refractivity contribution is -0.138. The van der Waals surface area contributed by atoms with Crippen molar-refractivity contribution in [2.45, 2.75) is 6.18 Å².